The Kier molecular flexibility index (Phi) is 4.78. The van der Waals surface area contributed by atoms with Crippen molar-refractivity contribution < 1.29 is 9.00 Å². The summed E-state index contributed by atoms with van der Waals surface area (Å²) in [4.78, 5) is 13.1. The molecule has 0 fully saturated rings. The number of nitrogens with one attached hydrogen (secondary N) is 1. The molecular weight excluding hydrogens is 346 g/mol. The van der Waals surface area contributed by atoms with Crippen LogP contribution in [0.25, 0.3) is 5.69 Å². The molecule has 0 bridgehead atoms. The number of carbonyl (C=O) groups excluding carboxylic acids is 1. The molecule has 1 N–H and O–H groups in total. The number of amides is 1. The molecule has 1 aromatic heterocycles. The van der Waals surface area contributed by atoms with Gasteiger partial charge in [0.1, 0.15) is 5.69 Å². The topological polar surface area (TPSA) is 64.0 Å². The highest BCUT2D eigenvalue weighted by Gasteiger charge is 2.13. The summed E-state index contributed by atoms with van der Waals surface area (Å²) in [6.45, 7) is 0. The van der Waals surface area contributed by atoms with Crippen molar-refractivity contribution in [2.75, 3.05) is 11.6 Å². The number of carbonyl (C=O) groups is 1. The molecule has 0 spiro atoms. The highest BCUT2D eigenvalue weighted by molar-refractivity contribution is 7.84. The van der Waals surface area contributed by atoms with Gasteiger partial charge >= 0.3 is 0 Å². The fourth-order valence-electron chi connectivity index (χ4n) is 2.24. The predicted octanol–water partition coefficient (Wildman–Crippen LogP) is 3.52. The van der Waals surface area contributed by atoms with Crippen LogP contribution in [-0.2, 0) is 10.8 Å². The Labute approximate surface area is 146 Å². The van der Waals surface area contributed by atoms with Crippen LogP contribution < -0.4 is 5.32 Å². The zero-order valence-electron chi connectivity index (χ0n) is 12.8. The molecule has 2 aromatic carbocycles. The second-order valence-electron chi connectivity index (χ2n) is 5.02. The smallest absolute Gasteiger partial charge is 0.255 e. The first-order valence-corrected chi connectivity index (χ1v) is 9.03. The van der Waals surface area contributed by atoms with Crippen molar-refractivity contribution in [2.24, 2.45) is 0 Å². The Hall–Kier alpha value is -2.44. The number of anilines is 1. The van der Waals surface area contributed by atoms with Crippen LogP contribution >= 0.6 is 11.6 Å². The number of rotatable bonds is 4. The van der Waals surface area contributed by atoms with Crippen LogP contribution in [0, 0.1) is 0 Å². The maximum absolute atomic E-state index is 12.5. The van der Waals surface area contributed by atoms with E-state index in [1.165, 1.54) is 0 Å². The average molecular weight is 360 g/mol. The molecule has 0 aliphatic heterocycles. The number of hydrogen-bond acceptors (Lipinski definition) is 3. The first kappa shape index (κ1) is 16.4. The molecule has 0 radical (unpaired) electrons. The minimum atomic E-state index is -1.08. The Morgan fingerprint density at radius 3 is 2.54 bits per heavy atom. The van der Waals surface area contributed by atoms with E-state index in [0.29, 0.717) is 26.9 Å². The van der Waals surface area contributed by atoms with Crippen molar-refractivity contribution in [3.63, 3.8) is 0 Å². The fourth-order valence-corrected chi connectivity index (χ4v) is 3.02. The molecular formula is C17H14ClN3O2S. The van der Waals surface area contributed by atoms with E-state index in [-0.39, 0.29) is 5.91 Å². The average Bonchev–Trinajstić information content (AvgIpc) is 3.09. The number of halogens is 1. The van der Waals surface area contributed by atoms with Crippen LogP contribution in [-0.4, -0.2) is 26.2 Å². The van der Waals surface area contributed by atoms with Gasteiger partial charge in [-0.05, 0) is 42.5 Å². The number of nitrogens with zero attached hydrogens (tertiary/aromatic N) is 2. The monoisotopic (exact) mass is 359 g/mol. The molecule has 3 rings (SSSR count). The van der Waals surface area contributed by atoms with Gasteiger partial charge in [0, 0.05) is 39.9 Å². The van der Waals surface area contributed by atoms with E-state index >= 15 is 0 Å². The Morgan fingerprint density at radius 2 is 1.92 bits per heavy atom. The summed E-state index contributed by atoms with van der Waals surface area (Å²) in [7, 11) is -1.08. The summed E-state index contributed by atoms with van der Waals surface area (Å²) < 4.78 is 13.0. The van der Waals surface area contributed by atoms with Crippen molar-refractivity contribution in [3.8, 4) is 5.69 Å². The number of para-hydroxylation sites is 1. The molecule has 24 heavy (non-hydrogen) atoms. The van der Waals surface area contributed by atoms with Gasteiger partial charge in [-0.2, -0.15) is 5.10 Å². The van der Waals surface area contributed by atoms with E-state index in [9.17, 15) is 9.00 Å². The quantitative estimate of drug-likeness (QED) is 0.775. The van der Waals surface area contributed by atoms with Gasteiger partial charge in [0.15, 0.2) is 0 Å². The summed E-state index contributed by atoms with van der Waals surface area (Å²) in [5.41, 5.74) is 1.62. The number of aromatic nitrogens is 2. The van der Waals surface area contributed by atoms with E-state index in [1.807, 2.05) is 0 Å². The molecule has 0 saturated heterocycles. The third-order valence-electron chi connectivity index (χ3n) is 3.42. The van der Waals surface area contributed by atoms with Crippen molar-refractivity contribution in [1.29, 1.82) is 0 Å². The standard InChI is InChI=1S/C17H14ClN3O2S/c1-24(23)13-8-6-12(7-9-13)17(22)20-15-5-2-4-14(18)16(15)21-11-3-10-19-21/h2-11H,1H3,(H,20,22)/t24-/m1/s1. The third-order valence-corrected chi connectivity index (χ3v) is 4.66. The second-order valence-corrected chi connectivity index (χ2v) is 6.81. The summed E-state index contributed by atoms with van der Waals surface area (Å²) >= 11 is 6.26. The number of benzene rings is 2. The largest absolute Gasteiger partial charge is 0.320 e. The van der Waals surface area contributed by atoms with E-state index in [1.54, 1.807) is 71.9 Å². The first-order chi connectivity index (χ1) is 11.6. The van der Waals surface area contributed by atoms with E-state index < -0.39 is 10.8 Å². The zero-order valence-corrected chi connectivity index (χ0v) is 14.3. The Morgan fingerprint density at radius 1 is 1.17 bits per heavy atom. The van der Waals surface area contributed by atoms with Gasteiger partial charge < -0.3 is 5.32 Å². The molecule has 1 atom stereocenters. The molecule has 0 aliphatic rings. The summed E-state index contributed by atoms with van der Waals surface area (Å²) in [6, 6.07) is 13.7. The normalized spacial score (nSPS) is 11.9. The van der Waals surface area contributed by atoms with Crippen molar-refractivity contribution in [1.82, 2.24) is 9.78 Å². The lowest BCUT2D eigenvalue weighted by Crippen LogP contribution is -2.14. The maximum atomic E-state index is 12.5. The molecule has 5 nitrogen and oxygen atoms in total. The van der Waals surface area contributed by atoms with Crippen LogP contribution in [0.15, 0.2) is 65.8 Å². The SMILES string of the molecule is C[S@@](=O)c1ccc(C(=O)Nc2cccc(Cl)c2-n2cccn2)cc1. The van der Waals surface area contributed by atoms with Gasteiger partial charge in [-0.1, -0.05) is 17.7 Å². The van der Waals surface area contributed by atoms with Crippen molar-refractivity contribution in [3.05, 3.63) is 71.5 Å². The minimum Gasteiger partial charge on any atom is -0.320 e. The lowest BCUT2D eigenvalue weighted by atomic mass is 10.2. The van der Waals surface area contributed by atoms with E-state index in [4.69, 9.17) is 11.6 Å². The van der Waals surface area contributed by atoms with Gasteiger partial charge in [-0.15, -0.1) is 0 Å². The van der Waals surface area contributed by atoms with Crippen LogP contribution in [0.3, 0.4) is 0 Å². The molecule has 122 valence electrons. The Balaban J connectivity index is 1.90. The molecule has 0 aliphatic carbocycles. The van der Waals surface area contributed by atoms with Gasteiger partial charge in [0.05, 0.1) is 10.7 Å². The predicted molar refractivity (Wildman–Crippen MR) is 95.3 cm³/mol. The summed E-state index contributed by atoms with van der Waals surface area (Å²) in [6.07, 6.45) is 4.98. The molecule has 1 amide bonds. The summed E-state index contributed by atoms with van der Waals surface area (Å²) in [5.74, 6) is -0.279. The lowest BCUT2D eigenvalue weighted by Gasteiger charge is -2.13. The highest BCUT2D eigenvalue weighted by atomic mass is 35.5. The second kappa shape index (κ2) is 6.98. The third kappa shape index (κ3) is 3.39. The summed E-state index contributed by atoms with van der Waals surface area (Å²) in [5, 5.41) is 7.49. The Bertz CT molecular complexity index is 893. The van der Waals surface area contributed by atoms with E-state index in [0.717, 1.165) is 0 Å². The first-order valence-electron chi connectivity index (χ1n) is 7.09. The minimum absolute atomic E-state index is 0.279. The van der Waals surface area contributed by atoms with E-state index in [2.05, 4.69) is 10.4 Å². The molecule has 7 heteroatoms. The van der Waals surface area contributed by atoms with Gasteiger partial charge in [-0.3, -0.25) is 9.00 Å². The fraction of sp³-hybridized carbons (Fsp3) is 0.0588. The molecule has 0 unspecified atom stereocenters. The molecule has 3 aromatic rings. The molecule has 0 saturated carbocycles. The van der Waals surface area contributed by atoms with Gasteiger partial charge in [0.25, 0.3) is 5.91 Å². The van der Waals surface area contributed by atoms with Crippen LogP contribution in [0.4, 0.5) is 5.69 Å². The molecule has 1 heterocycles. The zero-order chi connectivity index (χ0) is 17.1. The number of hydrogen-bond donors (Lipinski definition) is 1. The van der Waals surface area contributed by atoms with Crippen LogP contribution in [0.5, 0.6) is 0 Å². The van der Waals surface area contributed by atoms with Gasteiger partial charge in [0.2, 0.25) is 0 Å². The maximum Gasteiger partial charge on any atom is 0.255 e. The highest BCUT2D eigenvalue weighted by Crippen LogP contribution is 2.28. The van der Waals surface area contributed by atoms with Crippen LogP contribution in [0.2, 0.25) is 5.02 Å². The van der Waals surface area contributed by atoms with Crippen molar-refractivity contribution >= 4 is 34.0 Å². The lowest BCUT2D eigenvalue weighted by molar-refractivity contribution is 0.102. The van der Waals surface area contributed by atoms with Crippen molar-refractivity contribution in [2.45, 2.75) is 4.90 Å². The van der Waals surface area contributed by atoms with Gasteiger partial charge in [-0.25, -0.2) is 4.68 Å². The van der Waals surface area contributed by atoms with Crippen LogP contribution in [0.1, 0.15) is 10.4 Å².